The maximum Gasteiger partial charge on any atom is 0.407 e. The minimum Gasteiger partial charge on any atom is -0.388 e. The first-order valence-corrected chi connectivity index (χ1v) is 10.1. The van der Waals surface area contributed by atoms with E-state index in [9.17, 15) is 0 Å². The molecule has 124 valence electrons. The highest BCUT2D eigenvalue weighted by atomic mass is 28.4. The Kier molecular flexibility index (Phi) is 7.48. The molecular formula is C19H26O3Si. The van der Waals surface area contributed by atoms with Crippen LogP contribution >= 0.6 is 0 Å². The summed E-state index contributed by atoms with van der Waals surface area (Å²) >= 11 is 0. The lowest BCUT2D eigenvalue weighted by molar-refractivity contribution is 0.0923. The minimum atomic E-state index is -2.70. The molecule has 0 N–H and O–H groups in total. The summed E-state index contributed by atoms with van der Waals surface area (Å²) in [6.07, 6.45) is 0.962. The van der Waals surface area contributed by atoms with Crippen molar-refractivity contribution in [1.29, 1.82) is 0 Å². The quantitative estimate of drug-likeness (QED) is 0.495. The molecule has 3 nitrogen and oxygen atoms in total. The molecule has 2 aromatic carbocycles. The van der Waals surface area contributed by atoms with Crippen molar-refractivity contribution < 1.29 is 13.6 Å². The van der Waals surface area contributed by atoms with Crippen LogP contribution in [-0.4, -0.2) is 35.0 Å². The fourth-order valence-corrected chi connectivity index (χ4v) is 5.70. The van der Waals surface area contributed by atoms with Crippen LogP contribution in [0.1, 0.15) is 20.3 Å². The molecule has 0 bridgehead atoms. The van der Waals surface area contributed by atoms with Gasteiger partial charge in [0, 0.05) is 13.2 Å². The van der Waals surface area contributed by atoms with Crippen LogP contribution in [0.4, 0.5) is 0 Å². The van der Waals surface area contributed by atoms with Gasteiger partial charge >= 0.3 is 8.56 Å². The Hall–Kier alpha value is -1.46. The molecule has 2 rings (SSSR count). The standard InChI is InChI=1S/C19H26O3Si/c1-3-15-21-23(22-17-16-20-4-2,18-11-7-5-8-12-18)19-13-9-6-10-14-19/h5-14H,3-4,15-17H2,1-2H3. The monoisotopic (exact) mass is 330 g/mol. The molecule has 4 heteroatoms. The van der Waals surface area contributed by atoms with E-state index >= 15 is 0 Å². The van der Waals surface area contributed by atoms with Gasteiger partial charge in [0.15, 0.2) is 0 Å². The molecule has 0 saturated heterocycles. The van der Waals surface area contributed by atoms with Gasteiger partial charge in [0.05, 0.1) is 13.2 Å². The summed E-state index contributed by atoms with van der Waals surface area (Å²) in [7, 11) is -2.70. The van der Waals surface area contributed by atoms with Crippen molar-refractivity contribution in [2.75, 3.05) is 26.4 Å². The van der Waals surface area contributed by atoms with Crippen LogP contribution in [0.3, 0.4) is 0 Å². The summed E-state index contributed by atoms with van der Waals surface area (Å²) in [6, 6.07) is 20.6. The van der Waals surface area contributed by atoms with Gasteiger partial charge in [-0.05, 0) is 23.7 Å². The van der Waals surface area contributed by atoms with Crippen molar-refractivity contribution in [3.63, 3.8) is 0 Å². The van der Waals surface area contributed by atoms with E-state index in [0.29, 0.717) is 26.4 Å². The average molecular weight is 330 g/mol. The number of rotatable bonds is 10. The Labute approximate surface area is 140 Å². The molecule has 0 heterocycles. The number of benzene rings is 2. The largest absolute Gasteiger partial charge is 0.407 e. The van der Waals surface area contributed by atoms with Gasteiger partial charge in [-0.1, -0.05) is 67.6 Å². The zero-order valence-electron chi connectivity index (χ0n) is 14.0. The van der Waals surface area contributed by atoms with E-state index in [1.54, 1.807) is 0 Å². The molecule has 2 aromatic rings. The Morgan fingerprint density at radius 2 is 1.22 bits per heavy atom. The van der Waals surface area contributed by atoms with Gasteiger partial charge in [-0.15, -0.1) is 0 Å². The molecule has 0 atom stereocenters. The third-order valence-corrected chi connectivity index (χ3v) is 6.96. The lowest BCUT2D eigenvalue weighted by atomic mass is 10.4. The smallest absolute Gasteiger partial charge is 0.388 e. The van der Waals surface area contributed by atoms with Gasteiger partial charge in [-0.2, -0.15) is 0 Å². The van der Waals surface area contributed by atoms with Gasteiger partial charge in [0.1, 0.15) is 0 Å². The zero-order valence-corrected chi connectivity index (χ0v) is 15.0. The lowest BCUT2D eigenvalue weighted by Crippen LogP contribution is -2.63. The summed E-state index contributed by atoms with van der Waals surface area (Å²) in [5.74, 6) is 0. The van der Waals surface area contributed by atoms with E-state index in [-0.39, 0.29) is 0 Å². The highest BCUT2D eigenvalue weighted by molar-refractivity contribution is 6.92. The fourth-order valence-electron chi connectivity index (χ4n) is 2.49. The van der Waals surface area contributed by atoms with E-state index in [2.05, 4.69) is 31.2 Å². The minimum absolute atomic E-state index is 0.535. The third kappa shape index (κ3) is 4.75. The van der Waals surface area contributed by atoms with Crippen molar-refractivity contribution in [2.45, 2.75) is 20.3 Å². The van der Waals surface area contributed by atoms with E-state index in [0.717, 1.165) is 16.8 Å². The zero-order chi connectivity index (χ0) is 16.4. The molecule has 0 radical (unpaired) electrons. The van der Waals surface area contributed by atoms with Crippen LogP contribution in [0, 0.1) is 0 Å². The van der Waals surface area contributed by atoms with Gasteiger partial charge in [0.25, 0.3) is 0 Å². The Bertz CT molecular complexity index is 506. The Balaban J connectivity index is 2.36. The third-order valence-electron chi connectivity index (χ3n) is 3.55. The molecule has 0 aliphatic rings. The van der Waals surface area contributed by atoms with Crippen LogP contribution in [-0.2, 0) is 13.6 Å². The second kappa shape index (κ2) is 9.63. The highest BCUT2D eigenvalue weighted by Gasteiger charge is 2.42. The SMILES string of the molecule is CCCO[Si](OCCOCC)(c1ccccc1)c1ccccc1. The van der Waals surface area contributed by atoms with E-state index in [4.69, 9.17) is 13.6 Å². The fraction of sp³-hybridized carbons (Fsp3) is 0.368. The molecular weight excluding hydrogens is 304 g/mol. The summed E-state index contributed by atoms with van der Waals surface area (Å²) in [6.45, 7) is 6.62. The van der Waals surface area contributed by atoms with Crippen LogP contribution in [0.15, 0.2) is 60.7 Å². The van der Waals surface area contributed by atoms with Gasteiger partial charge in [0.2, 0.25) is 0 Å². The van der Waals surface area contributed by atoms with Gasteiger partial charge < -0.3 is 13.6 Å². The first-order chi connectivity index (χ1) is 11.3. The molecule has 0 amide bonds. The second-order valence-corrected chi connectivity index (χ2v) is 8.21. The summed E-state index contributed by atoms with van der Waals surface area (Å²) in [5.41, 5.74) is 0. The van der Waals surface area contributed by atoms with Crippen LogP contribution < -0.4 is 10.4 Å². The van der Waals surface area contributed by atoms with Crippen molar-refractivity contribution in [3.05, 3.63) is 60.7 Å². The first-order valence-electron chi connectivity index (χ1n) is 8.30. The molecule has 0 spiro atoms. The topological polar surface area (TPSA) is 27.7 Å². The Morgan fingerprint density at radius 3 is 1.70 bits per heavy atom. The molecule has 0 fully saturated rings. The molecule has 0 saturated carbocycles. The molecule has 0 aliphatic carbocycles. The average Bonchev–Trinajstić information content (AvgIpc) is 2.63. The van der Waals surface area contributed by atoms with Crippen LogP contribution in [0.25, 0.3) is 0 Å². The van der Waals surface area contributed by atoms with Crippen molar-refractivity contribution >= 4 is 18.9 Å². The van der Waals surface area contributed by atoms with Crippen LogP contribution in [0.5, 0.6) is 0 Å². The highest BCUT2D eigenvalue weighted by Crippen LogP contribution is 2.11. The normalized spacial score (nSPS) is 11.6. The van der Waals surface area contributed by atoms with Crippen molar-refractivity contribution in [2.24, 2.45) is 0 Å². The van der Waals surface area contributed by atoms with Crippen LogP contribution in [0.2, 0.25) is 0 Å². The van der Waals surface area contributed by atoms with E-state index in [1.165, 1.54) is 0 Å². The second-order valence-electron chi connectivity index (χ2n) is 5.24. The molecule has 0 aromatic heterocycles. The van der Waals surface area contributed by atoms with Gasteiger partial charge in [-0.25, -0.2) is 0 Å². The number of hydrogen-bond acceptors (Lipinski definition) is 3. The maximum atomic E-state index is 6.40. The predicted octanol–water partition coefficient (Wildman–Crippen LogP) is 2.72. The predicted molar refractivity (Wildman–Crippen MR) is 96.6 cm³/mol. The maximum absolute atomic E-state index is 6.40. The van der Waals surface area contributed by atoms with Gasteiger partial charge in [-0.3, -0.25) is 0 Å². The van der Waals surface area contributed by atoms with E-state index < -0.39 is 8.56 Å². The van der Waals surface area contributed by atoms with Crippen molar-refractivity contribution in [1.82, 2.24) is 0 Å². The van der Waals surface area contributed by atoms with E-state index in [1.807, 2.05) is 43.3 Å². The molecule has 0 aliphatic heterocycles. The molecule has 0 unspecified atom stereocenters. The molecule has 23 heavy (non-hydrogen) atoms. The lowest BCUT2D eigenvalue weighted by Gasteiger charge is -2.31. The summed E-state index contributed by atoms with van der Waals surface area (Å²) in [4.78, 5) is 0. The van der Waals surface area contributed by atoms with Crippen molar-refractivity contribution in [3.8, 4) is 0 Å². The number of hydrogen-bond donors (Lipinski definition) is 0. The Morgan fingerprint density at radius 1 is 0.696 bits per heavy atom. The first kappa shape index (κ1) is 17.9. The number of ether oxygens (including phenoxy) is 1. The summed E-state index contributed by atoms with van der Waals surface area (Å²) in [5, 5.41) is 2.27. The summed E-state index contributed by atoms with van der Waals surface area (Å²) < 4.78 is 18.2.